The molecule has 0 fully saturated rings. The molecule has 0 spiro atoms. The van der Waals surface area contributed by atoms with E-state index in [2.05, 4.69) is 43.6 Å². The maximum absolute atomic E-state index is 3.63. The number of hydrogen-bond acceptors (Lipinski definition) is 2. The first kappa shape index (κ1) is 10.7. The van der Waals surface area contributed by atoms with Gasteiger partial charge in [0.05, 0.1) is 0 Å². The summed E-state index contributed by atoms with van der Waals surface area (Å²) in [4.78, 5) is 1.44. The molecule has 1 aromatic heterocycles. The maximum atomic E-state index is 3.63. The van der Waals surface area contributed by atoms with Gasteiger partial charge in [0, 0.05) is 17.0 Å². The topological polar surface area (TPSA) is 12.0 Å². The van der Waals surface area contributed by atoms with Crippen LogP contribution >= 0.6 is 11.3 Å². The van der Waals surface area contributed by atoms with E-state index in [0.717, 1.165) is 0 Å². The average Bonchev–Trinajstić information content (AvgIpc) is 2.66. The van der Waals surface area contributed by atoms with Gasteiger partial charge >= 0.3 is 0 Å². The molecule has 1 heterocycles. The van der Waals surface area contributed by atoms with E-state index in [4.69, 9.17) is 0 Å². The largest absolute Gasteiger partial charge is 0.307 e. The molecule has 0 aromatic carbocycles. The molecular weight excluding hydrogens is 178 g/mol. The Labute approximate surface area is 85.2 Å². The monoisotopic (exact) mass is 197 g/mol. The number of hydrogen-bond donors (Lipinski definition) is 1. The fourth-order valence-corrected chi connectivity index (χ4v) is 2.24. The molecule has 0 saturated heterocycles. The van der Waals surface area contributed by atoms with Crippen LogP contribution < -0.4 is 5.32 Å². The third-order valence-electron chi connectivity index (χ3n) is 2.44. The summed E-state index contributed by atoms with van der Waals surface area (Å²) in [5.74, 6) is 0. The lowest BCUT2D eigenvalue weighted by atomic mass is 10.1. The molecule has 13 heavy (non-hydrogen) atoms. The number of nitrogens with one attached hydrogen (secondary N) is 1. The quantitative estimate of drug-likeness (QED) is 0.760. The summed E-state index contributed by atoms with van der Waals surface area (Å²) >= 11 is 1.83. The lowest BCUT2D eigenvalue weighted by Crippen LogP contribution is -2.29. The molecule has 0 radical (unpaired) electrons. The zero-order valence-electron chi connectivity index (χ0n) is 8.71. The molecule has 1 rings (SSSR count). The minimum Gasteiger partial charge on any atom is -0.307 e. The maximum Gasteiger partial charge on any atom is 0.0388 e. The zero-order valence-corrected chi connectivity index (χ0v) is 9.53. The van der Waals surface area contributed by atoms with Crippen molar-refractivity contribution >= 4 is 11.3 Å². The Balaban J connectivity index is 2.45. The summed E-state index contributed by atoms with van der Waals surface area (Å²) in [5, 5.41) is 5.77. The molecule has 1 nitrogen and oxygen atoms in total. The summed E-state index contributed by atoms with van der Waals surface area (Å²) in [6.45, 7) is 6.72. The normalized spacial score (nSPS) is 13.5. The van der Waals surface area contributed by atoms with E-state index in [0.29, 0.717) is 12.1 Å². The fourth-order valence-electron chi connectivity index (χ4n) is 1.50. The third-order valence-corrected chi connectivity index (χ3v) is 3.50. The van der Waals surface area contributed by atoms with Crippen LogP contribution in [0, 0.1) is 0 Å². The lowest BCUT2D eigenvalue weighted by molar-refractivity contribution is 0.436. The predicted molar refractivity (Wildman–Crippen MR) is 60.2 cm³/mol. The molecule has 0 aliphatic heterocycles. The van der Waals surface area contributed by atoms with Crippen LogP contribution in [0.25, 0.3) is 0 Å². The van der Waals surface area contributed by atoms with Crippen LogP contribution in [0.5, 0.6) is 0 Å². The van der Waals surface area contributed by atoms with Crippen molar-refractivity contribution in [2.45, 2.75) is 45.7 Å². The Hall–Kier alpha value is -0.340. The first-order valence-corrected chi connectivity index (χ1v) is 5.95. The van der Waals surface area contributed by atoms with E-state index in [1.807, 2.05) is 11.3 Å². The van der Waals surface area contributed by atoms with Gasteiger partial charge in [-0.25, -0.2) is 0 Å². The third kappa shape index (κ3) is 3.12. The molecule has 0 saturated carbocycles. The van der Waals surface area contributed by atoms with E-state index in [9.17, 15) is 0 Å². The van der Waals surface area contributed by atoms with Crippen LogP contribution in [0.3, 0.4) is 0 Å². The molecule has 0 aliphatic carbocycles. The Kier molecular flexibility index (Phi) is 4.46. The number of rotatable bonds is 5. The molecule has 0 amide bonds. The average molecular weight is 197 g/mol. The summed E-state index contributed by atoms with van der Waals surface area (Å²) in [7, 11) is 0. The highest BCUT2D eigenvalue weighted by atomic mass is 32.1. The van der Waals surface area contributed by atoms with Gasteiger partial charge in [-0.1, -0.05) is 19.9 Å². The van der Waals surface area contributed by atoms with Gasteiger partial charge in [0.15, 0.2) is 0 Å². The van der Waals surface area contributed by atoms with Crippen molar-refractivity contribution in [3.8, 4) is 0 Å². The second-order valence-electron chi connectivity index (χ2n) is 3.42. The molecule has 74 valence electrons. The van der Waals surface area contributed by atoms with Crippen molar-refractivity contribution in [1.29, 1.82) is 0 Å². The van der Waals surface area contributed by atoms with Gasteiger partial charge in [-0.3, -0.25) is 0 Å². The summed E-state index contributed by atoms with van der Waals surface area (Å²) in [5.41, 5.74) is 0. The van der Waals surface area contributed by atoms with Gasteiger partial charge in [0.2, 0.25) is 0 Å². The van der Waals surface area contributed by atoms with Crippen molar-refractivity contribution in [1.82, 2.24) is 5.32 Å². The van der Waals surface area contributed by atoms with Gasteiger partial charge in [-0.05, 0) is 31.2 Å². The van der Waals surface area contributed by atoms with Gasteiger partial charge in [-0.2, -0.15) is 0 Å². The Morgan fingerprint density at radius 2 is 2.08 bits per heavy atom. The molecule has 0 aliphatic rings. The van der Waals surface area contributed by atoms with Crippen molar-refractivity contribution < 1.29 is 0 Å². The smallest absolute Gasteiger partial charge is 0.0388 e. The van der Waals surface area contributed by atoms with Crippen LogP contribution in [0.2, 0.25) is 0 Å². The van der Waals surface area contributed by atoms with E-state index in [1.165, 1.54) is 17.7 Å². The summed E-state index contributed by atoms with van der Waals surface area (Å²) in [6, 6.07) is 5.48. The Morgan fingerprint density at radius 1 is 1.38 bits per heavy atom. The summed E-state index contributed by atoms with van der Waals surface area (Å²) < 4.78 is 0. The van der Waals surface area contributed by atoms with E-state index in [1.54, 1.807) is 0 Å². The minimum absolute atomic E-state index is 0.505. The molecule has 1 N–H and O–H groups in total. The summed E-state index contributed by atoms with van der Waals surface area (Å²) in [6.07, 6.45) is 2.43. The molecule has 2 heteroatoms. The highest BCUT2D eigenvalue weighted by Gasteiger charge is 2.10. The second-order valence-corrected chi connectivity index (χ2v) is 4.40. The van der Waals surface area contributed by atoms with E-state index < -0.39 is 0 Å². The first-order chi connectivity index (χ1) is 6.27. The molecule has 1 aromatic rings. The highest BCUT2D eigenvalue weighted by molar-refractivity contribution is 7.10. The molecule has 0 bridgehead atoms. The van der Waals surface area contributed by atoms with Crippen LogP contribution in [-0.2, 0) is 0 Å². The molecule has 1 atom stereocenters. The van der Waals surface area contributed by atoms with Crippen LogP contribution in [-0.4, -0.2) is 6.04 Å². The van der Waals surface area contributed by atoms with Gasteiger partial charge < -0.3 is 5.32 Å². The van der Waals surface area contributed by atoms with Crippen LogP contribution in [0.4, 0.5) is 0 Å². The first-order valence-electron chi connectivity index (χ1n) is 5.07. The minimum atomic E-state index is 0.505. The standard InChI is InChI=1S/C11H19NS/c1-4-10(5-2)12-9(3)11-7-6-8-13-11/h6-10,12H,4-5H2,1-3H3. The SMILES string of the molecule is CCC(CC)NC(C)c1cccs1. The van der Waals surface area contributed by atoms with Gasteiger partial charge in [0.25, 0.3) is 0 Å². The number of thiophene rings is 1. The van der Waals surface area contributed by atoms with Crippen molar-refractivity contribution in [2.24, 2.45) is 0 Å². The highest BCUT2D eigenvalue weighted by Crippen LogP contribution is 2.19. The van der Waals surface area contributed by atoms with Gasteiger partial charge in [-0.15, -0.1) is 11.3 Å². The lowest BCUT2D eigenvalue weighted by Gasteiger charge is -2.19. The second kappa shape index (κ2) is 5.40. The van der Waals surface area contributed by atoms with E-state index >= 15 is 0 Å². The van der Waals surface area contributed by atoms with Gasteiger partial charge in [0.1, 0.15) is 0 Å². The zero-order chi connectivity index (χ0) is 9.68. The van der Waals surface area contributed by atoms with Crippen molar-refractivity contribution in [3.05, 3.63) is 22.4 Å². The van der Waals surface area contributed by atoms with E-state index in [-0.39, 0.29) is 0 Å². The van der Waals surface area contributed by atoms with Crippen LogP contribution in [0.15, 0.2) is 17.5 Å². The Morgan fingerprint density at radius 3 is 2.54 bits per heavy atom. The van der Waals surface area contributed by atoms with Crippen LogP contribution in [0.1, 0.15) is 44.5 Å². The Bertz CT molecular complexity index is 214. The molecule has 1 unspecified atom stereocenters. The fraction of sp³-hybridized carbons (Fsp3) is 0.636. The van der Waals surface area contributed by atoms with Crippen molar-refractivity contribution in [2.75, 3.05) is 0 Å². The predicted octanol–water partition coefficient (Wildman–Crippen LogP) is 3.59. The molecular formula is C11H19NS. The van der Waals surface area contributed by atoms with Crippen molar-refractivity contribution in [3.63, 3.8) is 0 Å².